The zero-order valence-electron chi connectivity index (χ0n) is 11.3. The van der Waals surface area contributed by atoms with Gasteiger partial charge in [-0.25, -0.2) is 4.79 Å². The molecule has 1 amide bonds. The number of thiophene rings is 1. The first-order valence-corrected chi connectivity index (χ1v) is 7.14. The highest BCUT2D eigenvalue weighted by Gasteiger charge is 2.27. The van der Waals surface area contributed by atoms with Crippen LogP contribution in [0.3, 0.4) is 0 Å². The number of anilines is 2. The van der Waals surface area contributed by atoms with Crippen LogP contribution in [0.15, 0.2) is 0 Å². The van der Waals surface area contributed by atoms with Gasteiger partial charge in [-0.05, 0) is 13.0 Å². The van der Waals surface area contributed by atoms with Crippen LogP contribution in [-0.4, -0.2) is 45.2 Å². The van der Waals surface area contributed by atoms with Gasteiger partial charge in [0.2, 0.25) is 0 Å². The second kappa shape index (κ2) is 6.10. The van der Waals surface area contributed by atoms with Crippen LogP contribution < -0.4 is 21.7 Å². The van der Waals surface area contributed by atoms with Crippen LogP contribution >= 0.6 is 11.3 Å². The van der Waals surface area contributed by atoms with E-state index in [-0.39, 0.29) is 16.1 Å². The molecule has 1 aromatic rings. The monoisotopic (exact) mass is 298 g/mol. The average molecular weight is 298 g/mol. The number of carbonyl (C=O) groups is 2. The molecule has 8 heteroatoms. The maximum absolute atomic E-state index is 11.7. The first kappa shape index (κ1) is 14.6. The smallest absolute Gasteiger partial charge is 0.350 e. The minimum Gasteiger partial charge on any atom is -0.465 e. The molecule has 5 N–H and O–H groups in total. The van der Waals surface area contributed by atoms with Gasteiger partial charge in [0.15, 0.2) is 0 Å². The van der Waals surface area contributed by atoms with E-state index in [9.17, 15) is 9.59 Å². The van der Waals surface area contributed by atoms with E-state index < -0.39 is 11.9 Å². The number of amides is 1. The molecule has 0 radical (unpaired) electrons. The summed E-state index contributed by atoms with van der Waals surface area (Å²) in [5.41, 5.74) is 11.6. The van der Waals surface area contributed by atoms with Crippen molar-refractivity contribution >= 4 is 33.9 Å². The van der Waals surface area contributed by atoms with Crippen molar-refractivity contribution in [2.24, 2.45) is 5.73 Å². The lowest BCUT2D eigenvalue weighted by Gasteiger charge is -2.21. The third-order valence-corrected chi connectivity index (χ3v) is 4.42. The predicted molar refractivity (Wildman–Crippen MR) is 78.3 cm³/mol. The number of nitrogens with one attached hydrogen (secondary N) is 1. The molecule has 1 aliphatic rings. The third kappa shape index (κ3) is 2.70. The summed E-state index contributed by atoms with van der Waals surface area (Å²) in [5.74, 6) is -1.17. The lowest BCUT2D eigenvalue weighted by Crippen LogP contribution is -2.29. The number of hydrogen-bond acceptors (Lipinski definition) is 7. The lowest BCUT2D eigenvalue weighted by molar-refractivity contribution is 0.0607. The molecule has 0 bridgehead atoms. The zero-order valence-corrected chi connectivity index (χ0v) is 12.1. The molecule has 0 atom stereocenters. The van der Waals surface area contributed by atoms with Crippen molar-refractivity contribution < 1.29 is 14.3 Å². The molecular weight excluding hydrogens is 280 g/mol. The second-order valence-electron chi connectivity index (χ2n) is 4.47. The molecule has 20 heavy (non-hydrogen) atoms. The summed E-state index contributed by atoms with van der Waals surface area (Å²) in [6, 6.07) is 0. The first-order chi connectivity index (χ1) is 9.56. The number of primary amides is 1. The summed E-state index contributed by atoms with van der Waals surface area (Å²) in [4.78, 5) is 25.6. The molecule has 0 spiro atoms. The van der Waals surface area contributed by atoms with Crippen molar-refractivity contribution in [1.82, 2.24) is 5.32 Å². The molecule has 1 saturated heterocycles. The van der Waals surface area contributed by atoms with Gasteiger partial charge in [0.25, 0.3) is 5.91 Å². The molecule has 0 aromatic carbocycles. The highest BCUT2D eigenvalue weighted by atomic mass is 32.1. The van der Waals surface area contributed by atoms with E-state index in [1.807, 2.05) is 4.90 Å². The number of esters is 1. The van der Waals surface area contributed by atoms with Crippen LogP contribution in [0, 0.1) is 0 Å². The van der Waals surface area contributed by atoms with Gasteiger partial charge in [-0.2, -0.15) is 0 Å². The molecule has 2 rings (SSSR count). The van der Waals surface area contributed by atoms with Crippen molar-refractivity contribution in [2.45, 2.75) is 6.42 Å². The number of nitrogens with zero attached hydrogens (tertiary/aromatic N) is 1. The Hall–Kier alpha value is -1.80. The predicted octanol–water partition coefficient (Wildman–Crippen LogP) is 0.0155. The van der Waals surface area contributed by atoms with Crippen LogP contribution in [0.1, 0.15) is 26.5 Å². The molecule has 0 unspecified atom stereocenters. The summed E-state index contributed by atoms with van der Waals surface area (Å²) in [6.45, 7) is 3.26. The minimum atomic E-state index is -0.624. The van der Waals surface area contributed by atoms with E-state index >= 15 is 0 Å². The van der Waals surface area contributed by atoms with Gasteiger partial charge in [-0.3, -0.25) is 4.79 Å². The summed E-state index contributed by atoms with van der Waals surface area (Å²) in [6.07, 6.45) is 0.948. The van der Waals surface area contributed by atoms with Gasteiger partial charge < -0.3 is 26.4 Å². The highest BCUT2D eigenvalue weighted by Crippen LogP contribution is 2.38. The van der Waals surface area contributed by atoms with Crippen molar-refractivity contribution in [3.63, 3.8) is 0 Å². The summed E-state index contributed by atoms with van der Waals surface area (Å²) in [7, 11) is 1.28. The summed E-state index contributed by atoms with van der Waals surface area (Å²) < 4.78 is 4.69. The van der Waals surface area contributed by atoms with Crippen molar-refractivity contribution in [2.75, 3.05) is 43.9 Å². The van der Waals surface area contributed by atoms with E-state index in [0.717, 1.165) is 43.9 Å². The maximum Gasteiger partial charge on any atom is 0.350 e. The Kier molecular flexibility index (Phi) is 4.46. The van der Waals surface area contributed by atoms with Gasteiger partial charge in [-0.15, -0.1) is 11.3 Å². The molecule has 1 aromatic heterocycles. The maximum atomic E-state index is 11.7. The first-order valence-electron chi connectivity index (χ1n) is 6.32. The molecule has 7 nitrogen and oxygen atoms in total. The average Bonchev–Trinajstić information content (AvgIpc) is 2.62. The van der Waals surface area contributed by atoms with Gasteiger partial charge in [0.05, 0.1) is 18.4 Å². The number of nitrogens with two attached hydrogens (primary N) is 2. The van der Waals surface area contributed by atoms with E-state index in [2.05, 4.69) is 10.1 Å². The quantitative estimate of drug-likeness (QED) is 0.678. The number of ether oxygens (including phenoxy) is 1. The van der Waals surface area contributed by atoms with Crippen LogP contribution in [0.2, 0.25) is 0 Å². The van der Waals surface area contributed by atoms with Crippen molar-refractivity contribution in [1.29, 1.82) is 0 Å². The number of methoxy groups -OCH3 is 1. The number of rotatable bonds is 3. The molecule has 1 aliphatic heterocycles. The third-order valence-electron chi connectivity index (χ3n) is 3.17. The van der Waals surface area contributed by atoms with E-state index in [1.54, 1.807) is 0 Å². The Morgan fingerprint density at radius 1 is 1.35 bits per heavy atom. The fourth-order valence-electron chi connectivity index (χ4n) is 2.19. The fraction of sp³-hybridized carbons (Fsp3) is 0.500. The summed E-state index contributed by atoms with van der Waals surface area (Å²) in [5, 5.41) is 3.93. The van der Waals surface area contributed by atoms with Gasteiger partial charge in [0, 0.05) is 19.6 Å². The Morgan fingerprint density at radius 3 is 2.75 bits per heavy atom. The standard InChI is InChI=1S/C12H18N4O3S/c1-19-12(18)9-8(13)7(10(14)17)11(20-9)16-5-2-3-15-4-6-16/h15H,2-6,13H2,1H3,(H2,14,17). The van der Waals surface area contributed by atoms with Crippen LogP contribution in [0.4, 0.5) is 10.7 Å². The summed E-state index contributed by atoms with van der Waals surface area (Å²) >= 11 is 1.16. The van der Waals surface area contributed by atoms with Gasteiger partial charge in [-0.1, -0.05) is 0 Å². The minimum absolute atomic E-state index is 0.113. The Morgan fingerprint density at radius 2 is 2.10 bits per heavy atom. The molecular formula is C12H18N4O3S. The molecule has 0 aliphatic carbocycles. The molecule has 2 heterocycles. The van der Waals surface area contributed by atoms with Gasteiger partial charge in [0.1, 0.15) is 9.88 Å². The van der Waals surface area contributed by atoms with Crippen LogP contribution in [0.5, 0.6) is 0 Å². The number of nitrogen functional groups attached to an aromatic ring is 1. The van der Waals surface area contributed by atoms with E-state index in [1.165, 1.54) is 7.11 Å². The van der Waals surface area contributed by atoms with Crippen molar-refractivity contribution in [3.8, 4) is 0 Å². The van der Waals surface area contributed by atoms with Crippen LogP contribution in [-0.2, 0) is 4.74 Å². The van der Waals surface area contributed by atoms with Gasteiger partial charge >= 0.3 is 5.97 Å². The SMILES string of the molecule is COC(=O)c1sc(N2CCCNCC2)c(C(N)=O)c1N. The zero-order chi connectivity index (χ0) is 14.7. The Balaban J connectivity index is 2.44. The Labute approximate surface area is 120 Å². The van der Waals surface area contributed by atoms with Crippen LogP contribution in [0.25, 0.3) is 0 Å². The topological polar surface area (TPSA) is 111 Å². The molecule has 110 valence electrons. The van der Waals surface area contributed by atoms with E-state index in [0.29, 0.717) is 5.00 Å². The molecule has 0 saturated carbocycles. The van der Waals surface area contributed by atoms with Crippen molar-refractivity contribution in [3.05, 3.63) is 10.4 Å². The van der Waals surface area contributed by atoms with E-state index in [4.69, 9.17) is 11.5 Å². The second-order valence-corrected chi connectivity index (χ2v) is 5.47. The fourth-order valence-corrected chi connectivity index (χ4v) is 3.38. The normalized spacial score (nSPS) is 15.8. The largest absolute Gasteiger partial charge is 0.465 e. The molecule has 1 fully saturated rings. The Bertz CT molecular complexity index is 521. The highest BCUT2D eigenvalue weighted by molar-refractivity contribution is 7.19. The number of hydrogen-bond donors (Lipinski definition) is 3. The number of carbonyl (C=O) groups excluding carboxylic acids is 2. The lowest BCUT2D eigenvalue weighted by atomic mass is 10.2.